The van der Waals surface area contributed by atoms with E-state index in [-0.39, 0.29) is 36.0 Å². The van der Waals surface area contributed by atoms with Gasteiger partial charge in [0.25, 0.3) is 33.2 Å². The lowest BCUT2D eigenvalue weighted by atomic mass is 10.0. The third-order valence-electron chi connectivity index (χ3n) is 13.1. The number of halogens is 15. The van der Waals surface area contributed by atoms with Crippen LogP contribution in [0.3, 0.4) is 0 Å². The van der Waals surface area contributed by atoms with Gasteiger partial charge in [0.15, 0.2) is 70.9 Å². The Balaban J connectivity index is 0.000000128. The summed E-state index contributed by atoms with van der Waals surface area (Å²) in [7, 11) is -13.6. The van der Waals surface area contributed by atoms with E-state index in [4.69, 9.17) is 0 Å². The Morgan fingerprint density at radius 1 is 0.413 bits per heavy atom. The molecular weight excluding hydrogens is 1110 g/mol. The molecule has 0 spiro atoms. The number of hydrogen-bond acceptors (Lipinski definition) is 12. The Morgan fingerprint density at radius 3 is 0.853 bits per heavy atom. The van der Waals surface area contributed by atoms with Gasteiger partial charge in [-0.3, -0.25) is 0 Å². The molecule has 6 aliphatic rings. The molecule has 9 atom stereocenters. The number of sulfone groups is 3. The van der Waals surface area contributed by atoms with Crippen molar-refractivity contribution in [1.82, 2.24) is 44.3 Å². The third-order valence-corrected chi connectivity index (χ3v) is 19.0. The first-order chi connectivity index (χ1) is 34.9. The normalized spacial score (nSPS) is 27.3. The van der Waals surface area contributed by atoms with Crippen molar-refractivity contribution in [2.75, 3.05) is 0 Å². The summed E-state index contributed by atoms with van der Waals surface area (Å²) < 4.78 is 278. The monoisotopic (exact) mass is 1140 g/mol. The van der Waals surface area contributed by atoms with Crippen molar-refractivity contribution in [3.8, 4) is 0 Å². The number of hydrogen-bond donors (Lipinski definition) is 0. The fraction of sp³-hybridized carbons (Fsp3) is 0.429. The highest BCUT2D eigenvalue weighted by atomic mass is 32.2. The van der Waals surface area contributed by atoms with Crippen LogP contribution in [0.4, 0.5) is 65.9 Å². The summed E-state index contributed by atoms with van der Waals surface area (Å²) >= 11 is 0. The van der Waals surface area contributed by atoms with Gasteiger partial charge in [-0.2, -0.15) is 15.0 Å². The maximum absolute atomic E-state index is 14.2. The average Bonchev–Trinajstić information content (AvgIpc) is 3.89. The largest absolute Gasteiger partial charge is 0.267 e. The van der Waals surface area contributed by atoms with E-state index >= 15 is 0 Å². The first kappa shape index (κ1) is 52.3. The van der Waals surface area contributed by atoms with Crippen LogP contribution in [-0.2, 0) is 29.5 Å². The average molecular weight is 1140 g/mol. The summed E-state index contributed by atoms with van der Waals surface area (Å²) in [4.78, 5) is 10.6. The van der Waals surface area contributed by atoms with E-state index in [1.165, 1.54) is 36.4 Å². The Kier molecular flexibility index (Phi) is 12.2. The number of benzene rings is 3. The van der Waals surface area contributed by atoms with Gasteiger partial charge in [-0.15, -0.1) is 15.3 Å². The highest BCUT2D eigenvalue weighted by Crippen LogP contribution is 2.52. The zero-order valence-electron chi connectivity index (χ0n) is 37.0. The Bertz CT molecular complexity index is 3300. The second kappa shape index (κ2) is 17.5. The van der Waals surface area contributed by atoms with Crippen LogP contribution in [0.5, 0.6) is 0 Å². The summed E-state index contributed by atoms with van der Waals surface area (Å²) in [6.45, 7) is 0. The van der Waals surface area contributed by atoms with Gasteiger partial charge < -0.3 is 0 Å². The molecule has 0 saturated heterocycles. The van der Waals surface area contributed by atoms with Crippen molar-refractivity contribution in [1.29, 1.82) is 0 Å². The molecule has 3 aliphatic heterocycles. The van der Waals surface area contributed by atoms with E-state index in [0.29, 0.717) is 0 Å². The molecule has 3 aromatic carbocycles. The molecule has 12 rings (SSSR count). The lowest BCUT2D eigenvalue weighted by molar-refractivity contribution is 0.120. The van der Waals surface area contributed by atoms with Crippen LogP contribution in [-0.4, -0.2) is 103 Å². The van der Waals surface area contributed by atoms with E-state index in [2.05, 4.69) is 30.2 Å². The smallest absolute Gasteiger partial charge is 0.239 e. The molecular formula is C42H30F15N9O6S3. The third kappa shape index (κ3) is 8.81. The van der Waals surface area contributed by atoms with Gasteiger partial charge in [0.1, 0.15) is 15.7 Å². The van der Waals surface area contributed by atoms with E-state index in [1.807, 2.05) is 0 Å². The van der Waals surface area contributed by atoms with Crippen molar-refractivity contribution in [2.45, 2.75) is 124 Å². The van der Waals surface area contributed by atoms with E-state index in [1.54, 1.807) is 0 Å². The minimum Gasteiger partial charge on any atom is -0.239 e. The van der Waals surface area contributed by atoms with Crippen LogP contribution in [0, 0.1) is 34.9 Å². The number of aromatic nitrogens is 9. The molecule has 6 heterocycles. The minimum absolute atomic E-state index is 0.216. The van der Waals surface area contributed by atoms with Crippen LogP contribution in [0.2, 0.25) is 0 Å². The van der Waals surface area contributed by atoms with Crippen LogP contribution in [0.25, 0.3) is 0 Å². The number of nitrogens with zero attached hydrogens (tertiary/aromatic N) is 9. The Morgan fingerprint density at radius 2 is 0.640 bits per heavy atom. The van der Waals surface area contributed by atoms with Gasteiger partial charge in [0.05, 0.1) is 18.1 Å². The van der Waals surface area contributed by atoms with Crippen molar-refractivity contribution in [3.05, 3.63) is 124 Å². The summed E-state index contributed by atoms with van der Waals surface area (Å²) in [6.07, 6.45) is -8.79. The van der Waals surface area contributed by atoms with Gasteiger partial charge >= 0.3 is 0 Å². The van der Waals surface area contributed by atoms with Gasteiger partial charge in [0, 0.05) is 55.2 Å². The number of rotatable bonds is 9. The summed E-state index contributed by atoms with van der Waals surface area (Å²) in [5.74, 6) is -18.4. The standard InChI is InChI=1S/3C14H10F5N3O2S/c3*15-7-3-1-2-6(11(7)17)9-4-8(16)12-20-13(21-22(9)12)25(23,24)10-5-14(10,18)19/h3*1-3,8-10H,4-5H2/t8-,9-,10?;8-,9-,10+;8-,9-,10-/m000/s1. The second-order valence-corrected chi connectivity index (χ2v) is 24.2. The molecule has 33 heteroatoms. The SMILES string of the molecule is O=S(=O)(c1nc2n(n1)[C@H](c1cccc(F)c1F)C[C@@H]2F)C1CC1(F)F.O=S(=O)(c1nc2n(n1)[C@H](c1cccc(F)c1F)C[C@@H]2F)[C@@H]1CC1(F)F.O=S(=O)(c1nc2n(n1)[C@H](c1cccc(F)c1F)C[C@@H]2F)[C@H]1CC1(F)F. The predicted octanol–water partition coefficient (Wildman–Crippen LogP) is 8.22. The van der Waals surface area contributed by atoms with E-state index in [9.17, 15) is 91.1 Å². The molecule has 3 aromatic heterocycles. The maximum Gasteiger partial charge on any atom is 0.267 e. The first-order valence-electron chi connectivity index (χ1n) is 21.9. The fourth-order valence-corrected chi connectivity index (χ4v) is 13.6. The molecule has 3 aliphatic carbocycles. The molecule has 3 saturated carbocycles. The first-order valence-corrected chi connectivity index (χ1v) is 26.5. The molecule has 0 radical (unpaired) electrons. The lowest BCUT2D eigenvalue weighted by Gasteiger charge is -2.13. The summed E-state index contributed by atoms with van der Waals surface area (Å²) in [5.41, 5.74) is -0.647. The molecule has 402 valence electrons. The highest BCUT2D eigenvalue weighted by Gasteiger charge is 2.68. The quantitative estimate of drug-likeness (QED) is 0.126. The summed E-state index contributed by atoms with van der Waals surface area (Å²) in [6, 6.07) is 6.62. The van der Waals surface area contributed by atoms with Crippen molar-refractivity contribution in [3.63, 3.8) is 0 Å². The van der Waals surface area contributed by atoms with Crippen LogP contribution in [0.1, 0.15) is 109 Å². The maximum atomic E-state index is 14.2. The van der Waals surface area contributed by atoms with E-state index in [0.717, 1.165) is 32.2 Å². The number of alkyl halides is 9. The molecule has 0 bridgehead atoms. The molecule has 0 N–H and O–H groups in total. The zero-order chi connectivity index (χ0) is 54.4. The molecule has 75 heavy (non-hydrogen) atoms. The predicted molar refractivity (Wildman–Crippen MR) is 221 cm³/mol. The van der Waals surface area contributed by atoms with E-state index < -0.39 is 187 Å². The van der Waals surface area contributed by atoms with Gasteiger partial charge in [-0.05, 0) is 18.2 Å². The minimum atomic E-state index is -4.53. The highest BCUT2D eigenvalue weighted by molar-refractivity contribution is 7.92. The second-order valence-electron chi connectivity index (χ2n) is 18.2. The molecule has 3 fully saturated rings. The van der Waals surface area contributed by atoms with Gasteiger partial charge in [0.2, 0.25) is 29.5 Å². The van der Waals surface area contributed by atoms with Crippen molar-refractivity contribution >= 4 is 29.5 Å². The Labute approximate surface area is 411 Å². The fourth-order valence-electron chi connectivity index (χ4n) is 8.91. The van der Waals surface area contributed by atoms with Crippen LogP contribution in [0.15, 0.2) is 70.1 Å². The summed E-state index contributed by atoms with van der Waals surface area (Å²) in [5, 5.41) is 2.29. The van der Waals surface area contributed by atoms with Crippen LogP contribution < -0.4 is 0 Å². The van der Waals surface area contributed by atoms with Crippen molar-refractivity contribution < 1.29 is 91.1 Å². The topological polar surface area (TPSA) is 195 Å². The lowest BCUT2D eigenvalue weighted by Crippen LogP contribution is -2.17. The molecule has 1 unspecified atom stereocenters. The number of fused-ring (bicyclic) bond motifs is 3. The van der Waals surface area contributed by atoms with Gasteiger partial charge in [-0.1, -0.05) is 36.4 Å². The van der Waals surface area contributed by atoms with Crippen molar-refractivity contribution in [2.24, 2.45) is 0 Å². The van der Waals surface area contributed by atoms with Gasteiger partial charge in [-0.25, -0.2) is 105 Å². The van der Waals surface area contributed by atoms with Crippen LogP contribution >= 0.6 is 0 Å². The zero-order valence-corrected chi connectivity index (χ0v) is 39.5. The molecule has 6 aromatic rings. The molecule has 15 nitrogen and oxygen atoms in total. The molecule has 0 amide bonds. The Hall–Kier alpha value is -6.12.